The second kappa shape index (κ2) is 8.58. The Morgan fingerprint density at radius 1 is 1.38 bits per heavy atom. The number of thioether (sulfide) groups is 1. The Morgan fingerprint density at radius 2 is 2.19 bits per heavy atom. The first-order valence-electron chi connectivity index (χ1n) is 7.68. The van der Waals surface area contributed by atoms with Crippen LogP contribution in [-0.2, 0) is 4.79 Å². The molecule has 0 spiro atoms. The third kappa shape index (κ3) is 5.47. The van der Waals surface area contributed by atoms with Gasteiger partial charge in [0.2, 0.25) is 11.0 Å². The number of aromatic nitrogens is 2. The fraction of sp³-hybridized carbons (Fsp3) is 0.786. The van der Waals surface area contributed by atoms with E-state index in [2.05, 4.69) is 34.7 Å². The molecule has 5 nitrogen and oxygen atoms in total. The Bertz CT molecular complexity index is 452. The van der Waals surface area contributed by atoms with Crippen LogP contribution in [0.4, 0.5) is 5.13 Å². The summed E-state index contributed by atoms with van der Waals surface area (Å²) in [5.74, 6) is 1.13. The minimum Gasteiger partial charge on any atom is -0.360 e. The molecule has 1 aromatic heterocycles. The number of anilines is 1. The summed E-state index contributed by atoms with van der Waals surface area (Å²) >= 11 is 2.98. The molecule has 0 radical (unpaired) electrons. The fourth-order valence-corrected chi connectivity index (χ4v) is 4.07. The molecule has 21 heavy (non-hydrogen) atoms. The number of rotatable bonds is 7. The Labute approximate surface area is 134 Å². The van der Waals surface area contributed by atoms with E-state index in [1.54, 1.807) is 0 Å². The highest BCUT2D eigenvalue weighted by atomic mass is 32.2. The van der Waals surface area contributed by atoms with Gasteiger partial charge in [0.25, 0.3) is 0 Å². The Morgan fingerprint density at radius 3 is 2.95 bits per heavy atom. The molecule has 1 amide bonds. The average molecular weight is 329 g/mol. The minimum atomic E-state index is 0.108. The van der Waals surface area contributed by atoms with Crippen molar-refractivity contribution in [3.63, 3.8) is 0 Å². The summed E-state index contributed by atoms with van der Waals surface area (Å²) in [5, 5.41) is 15.4. The molecular weight excluding hydrogens is 304 g/mol. The first-order chi connectivity index (χ1) is 10.2. The van der Waals surface area contributed by atoms with Gasteiger partial charge in [-0.3, -0.25) is 4.79 Å². The van der Waals surface area contributed by atoms with Crippen molar-refractivity contribution in [2.24, 2.45) is 5.92 Å². The highest BCUT2D eigenvalue weighted by molar-refractivity contribution is 8.01. The van der Waals surface area contributed by atoms with Gasteiger partial charge in [-0.05, 0) is 25.2 Å². The van der Waals surface area contributed by atoms with Gasteiger partial charge in [0.1, 0.15) is 0 Å². The molecule has 2 N–H and O–H groups in total. The summed E-state index contributed by atoms with van der Waals surface area (Å²) < 4.78 is 0.848. The van der Waals surface area contributed by atoms with Crippen LogP contribution in [0.2, 0.25) is 0 Å². The van der Waals surface area contributed by atoms with Crippen molar-refractivity contribution < 1.29 is 4.79 Å². The molecule has 0 aromatic carbocycles. The molecular formula is C14H24N4OS2. The van der Waals surface area contributed by atoms with E-state index in [-0.39, 0.29) is 5.91 Å². The predicted molar refractivity (Wildman–Crippen MR) is 89.0 cm³/mol. The quantitative estimate of drug-likeness (QED) is 0.753. The SMILES string of the molecule is CCCNc1nnc(SCC(=O)N[C@@H]2CCCC[C@@H]2C)s1. The van der Waals surface area contributed by atoms with Crippen LogP contribution in [0.5, 0.6) is 0 Å². The van der Waals surface area contributed by atoms with Crippen molar-refractivity contribution in [2.45, 2.75) is 56.3 Å². The van der Waals surface area contributed by atoms with E-state index < -0.39 is 0 Å². The molecule has 1 aliphatic carbocycles. The summed E-state index contributed by atoms with van der Waals surface area (Å²) in [6.45, 7) is 5.24. The van der Waals surface area contributed by atoms with Crippen molar-refractivity contribution in [2.75, 3.05) is 17.6 Å². The van der Waals surface area contributed by atoms with E-state index in [1.165, 1.54) is 42.4 Å². The van der Waals surface area contributed by atoms with Crippen LogP contribution in [0, 0.1) is 5.92 Å². The average Bonchev–Trinajstić information content (AvgIpc) is 2.93. The lowest BCUT2D eigenvalue weighted by Crippen LogP contribution is -2.41. The van der Waals surface area contributed by atoms with Crippen LogP contribution in [0.15, 0.2) is 4.34 Å². The van der Waals surface area contributed by atoms with E-state index in [0.717, 1.165) is 28.9 Å². The molecule has 2 atom stereocenters. The van der Waals surface area contributed by atoms with Crippen molar-refractivity contribution in [1.82, 2.24) is 15.5 Å². The summed E-state index contributed by atoms with van der Waals surface area (Å²) in [6, 6.07) is 0.350. The first kappa shape index (κ1) is 16.5. The number of nitrogens with one attached hydrogen (secondary N) is 2. The normalized spacial score (nSPS) is 22.0. The van der Waals surface area contributed by atoms with Crippen LogP contribution < -0.4 is 10.6 Å². The summed E-state index contributed by atoms with van der Waals surface area (Å²) in [5.41, 5.74) is 0. The van der Waals surface area contributed by atoms with E-state index in [9.17, 15) is 4.79 Å². The van der Waals surface area contributed by atoms with E-state index in [0.29, 0.717) is 17.7 Å². The second-order valence-corrected chi connectivity index (χ2v) is 7.72. The second-order valence-electron chi connectivity index (χ2n) is 5.52. The van der Waals surface area contributed by atoms with Crippen molar-refractivity contribution >= 4 is 34.1 Å². The van der Waals surface area contributed by atoms with Crippen molar-refractivity contribution in [1.29, 1.82) is 0 Å². The van der Waals surface area contributed by atoms with Crippen LogP contribution in [0.25, 0.3) is 0 Å². The lowest BCUT2D eigenvalue weighted by molar-refractivity contribution is -0.119. The van der Waals surface area contributed by atoms with Gasteiger partial charge in [-0.2, -0.15) is 0 Å². The van der Waals surface area contributed by atoms with Gasteiger partial charge in [-0.15, -0.1) is 10.2 Å². The zero-order chi connectivity index (χ0) is 15.1. The number of hydrogen-bond donors (Lipinski definition) is 2. The van der Waals surface area contributed by atoms with E-state index >= 15 is 0 Å². The van der Waals surface area contributed by atoms with Gasteiger partial charge < -0.3 is 10.6 Å². The maximum Gasteiger partial charge on any atom is 0.230 e. The largest absolute Gasteiger partial charge is 0.360 e. The molecule has 2 rings (SSSR count). The molecule has 1 aliphatic rings. The molecule has 1 aromatic rings. The number of nitrogens with zero attached hydrogens (tertiary/aromatic N) is 2. The highest BCUT2D eigenvalue weighted by Gasteiger charge is 2.22. The Kier molecular flexibility index (Phi) is 6.76. The van der Waals surface area contributed by atoms with E-state index in [1.807, 2.05) is 0 Å². The maximum absolute atomic E-state index is 12.0. The van der Waals surface area contributed by atoms with Crippen molar-refractivity contribution in [3.8, 4) is 0 Å². The van der Waals surface area contributed by atoms with Gasteiger partial charge >= 0.3 is 0 Å². The third-order valence-corrected chi connectivity index (χ3v) is 5.73. The molecule has 0 aliphatic heterocycles. The van der Waals surface area contributed by atoms with Crippen molar-refractivity contribution in [3.05, 3.63) is 0 Å². The number of amides is 1. The summed E-state index contributed by atoms with van der Waals surface area (Å²) in [4.78, 5) is 12.0. The summed E-state index contributed by atoms with van der Waals surface area (Å²) in [7, 11) is 0. The molecule has 1 fully saturated rings. The standard InChI is InChI=1S/C14H24N4OS2/c1-3-8-15-13-17-18-14(21-13)20-9-12(19)16-11-7-5-4-6-10(11)2/h10-11H,3-9H2,1-2H3,(H,15,17)(H,16,19)/t10-,11+/m0/s1. The first-order valence-corrected chi connectivity index (χ1v) is 9.48. The molecule has 7 heteroatoms. The lowest BCUT2D eigenvalue weighted by Gasteiger charge is -2.29. The van der Waals surface area contributed by atoms with Crippen LogP contribution >= 0.6 is 23.1 Å². The third-order valence-electron chi connectivity index (χ3n) is 3.72. The van der Waals surface area contributed by atoms with Crippen LogP contribution in [0.3, 0.4) is 0 Å². The smallest absolute Gasteiger partial charge is 0.230 e. The van der Waals surface area contributed by atoms with Gasteiger partial charge in [0, 0.05) is 12.6 Å². The monoisotopic (exact) mass is 328 g/mol. The van der Waals surface area contributed by atoms with Gasteiger partial charge in [-0.1, -0.05) is 49.8 Å². The molecule has 118 valence electrons. The fourth-order valence-electron chi connectivity index (χ4n) is 2.48. The molecule has 1 saturated carbocycles. The molecule has 0 bridgehead atoms. The number of hydrogen-bond acceptors (Lipinski definition) is 6. The Balaban J connectivity index is 1.71. The maximum atomic E-state index is 12.0. The lowest BCUT2D eigenvalue weighted by atomic mass is 9.86. The molecule has 0 unspecified atom stereocenters. The number of carbonyl (C=O) groups is 1. The van der Waals surface area contributed by atoms with Crippen LogP contribution in [-0.4, -0.2) is 34.4 Å². The minimum absolute atomic E-state index is 0.108. The number of carbonyl (C=O) groups excluding carboxylic acids is 1. The van der Waals surface area contributed by atoms with E-state index in [4.69, 9.17) is 0 Å². The molecule has 1 heterocycles. The zero-order valence-electron chi connectivity index (χ0n) is 12.7. The predicted octanol–water partition coefficient (Wildman–Crippen LogP) is 3.15. The molecule has 0 saturated heterocycles. The Hall–Kier alpha value is -0.820. The van der Waals surface area contributed by atoms with Gasteiger partial charge in [0.15, 0.2) is 4.34 Å². The van der Waals surface area contributed by atoms with Crippen LogP contribution in [0.1, 0.15) is 46.0 Å². The topological polar surface area (TPSA) is 66.9 Å². The van der Waals surface area contributed by atoms with Gasteiger partial charge in [0.05, 0.1) is 5.75 Å². The summed E-state index contributed by atoms with van der Waals surface area (Å²) in [6.07, 6.45) is 5.92. The van der Waals surface area contributed by atoms with Gasteiger partial charge in [-0.25, -0.2) is 0 Å². The zero-order valence-corrected chi connectivity index (χ0v) is 14.4. The highest BCUT2D eigenvalue weighted by Crippen LogP contribution is 2.26.